The second-order valence-corrected chi connectivity index (χ2v) is 8.34. The normalized spacial score (nSPS) is 19.3. The van der Waals surface area contributed by atoms with Gasteiger partial charge >= 0.3 is 6.03 Å². The van der Waals surface area contributed by atoms with Crippen molar-refractivity contribution in [1.82, 2.24) is 15.1 Å². The second kappa shape index (κ2) is 8.84. The van der Waals surface area contributed by atoms with Crippen molar-refractivity contribution in [1.29, 1.82) is 0 Å². The fourth-order valence-corrected chi connectivity index (χ4v) is 4.73. The maximum Gasteiger partial charge on any atom is 0.317 e. The second-order valence-electron chi connectivity index (χ2n) is 8.34. The third-order valence-electron chi connectivity index (χ3n) is 6.39. The SMILES string of the molecule is COc1ccccc1C1(CNC(=O)N2CCC(C(=O)N(C)C)CC2)CCCC1. The summed E-state index contributed by atoms with van der Waals surface area (Å²) in [5.74, 6) is 1.11. The third kappa shape index (κ3) is 4.26. The van der Waals surface area contributed by atoms with Crippen LogP contribution in [-0.2, 0) is 10.2 Å². The molecule has 1 saturated carbocycles. The molecule has 3 rings (SSSR count). The zero-order valence-electron chi connectivity index (χ0n) is 17.4. The zero-order valence-corrected chi connectivity index (χ0v) is 17.4. The molecule has 6 nitrogen and oxygen atoms in total. The van der Waals surface area contributed by atoms with Crippen molar-refractivity contribution in [3.05, 3.63) is 29.8 Å². The number of carbonyl (C=O) groups excluding carboxylic acids is 2. The van der Waals surface area contributed by atoms with Crippen molar-refractivity contribution >= 4 is 11.9 Å². The molecule has 0 radical (unpaired) electrons. The molecule has 28 heavy (non-hydrogen) atoms. The van der Waals surface area contributed by atoms with Gasteiger partial charge in [-0.25, -0.2) is 4.79 Å². The number of urea groups is 1. The number of hydrogen-bond acceptors (Lipinski definition) is 3. The van der Waals surface area contributed by atoms with Gasteiger partial charge < -0.3 is 19.9 Å². The van der Waals surface area contributed by atoms with Gasteiger partial charge in [-0.3, -0.25) is 4.79 Å². The van der Waals surface area contributed by atoms with E-state index in [1.54, 1.807) is 26.1 Å². The van der Waals surface area contributed by atoms with Crippen molar-refractivity contribution in [3.8, 4) is 5.75 Å². The van der Waals surface area contributed by atoms with E-state index < -0.39 is 0 Å². The molecule has 1 aliphatic carbocycles. The van der Waals surface area contributed by atoms with Gasteiger partial charge in [-0.2, -0.15) is 0 Å². The number of ether oxygens (including phenoxy) is 1. The molecule has 0 aromatic heterocycles. The molecule has 0 bridgehead atoms. The van der Waals surface area contributed by atoms with Gasteiger partial charge in [0.05, 0.1) is 7.11 Å². The smallest absolute Gasteiger partial charge is 0.317 e. The molecule has 1 saturated heterocycles. The maximum atomic E-state index is 12.8. The summed E-state index contributed by atoms with van der Waals surface area (Å²) in [6.45, 7) is 1.90. The highest BCUT2D eigenvalue weighted by Gasteiger charge is 2.38. The Morgan fingerprint density at radius 2 is 1.82 bits per heavy atom. The van der Waals surface area contributed by atoms with Crippen LogP contribution in [0.1, 0.15) is 44.1 Å². The van der Waals surface area contributed by atoms with Crippen LogP contribution < -0.4 is 10.1 Å². The molecule has 0 spiro atoms. The average molecular weight is 388 g/mol. The molecule has 0 atom stereocenters. The molecule has 1 aromatic rings. The predicted octanol–water partition coefficient (Wildman–Crippen LogP) is 3.02. The Kier molecular flexibility index (Phi) is 6.47. The zero-order chi connectivity index (χ0) is 20.1. The fourth-order valence-electron chi connectivity index (χ4n) is 4.73. The molecular formula is C22H33N3O3. The van der Waals surface area contributed by atoms with Crippen LogP contribution in [0.25, 0.3) is 0 Å². The lowest BCUT2D eigenvalue weighted by atomic mass is 9.78. The molecule has 1 aliphatic heterocycles. The highest BCUT2D eigenvalue weighted by Crippen LogP contribution is 2.44. The van der Waals surface area contributed by atoms with Crippen LogP contribution in [0, 0.1) is 5.92 Å². The number of benzene rings is 1. The summed E-state index contributed by atoms with van der Waals surface area (Å²) in [4.78, 5) is 28.4. The number of hydrogen-bond donors (Lipinski definition) is 1. The van der Waals surface area contributed by atoms with Gasteiger partial charge in [-0.15, -0.1) is 0 Å². The standard InChI is InChI=1S/C22H33N3O3/c1-24(2)20(26)17-10-14-25(15-11-17)21(27)23-16-22(12-6-7-13-22)18-8-4-5-9-19(18)28-3/h4-5,8-9,17H,6-7,10-16H2,1-3H3,(H,23,27). The van der Waals surface area contributed by atoms with Gasteiger partial charge in [0.15, 0.2) is 0 Å². The lowest BCUT2D eigenvalue weighted by Gasteiger charge is -2.35. The Labute approximate surface area is 168 Å². The van der Waals surface area contributed by atoms with Crippen molar-refractivity contribution in [2.45, 2.75) is 43.9 Å². The summed E-state index contributed by atoms with van der Waals surface area (Å²) in [6, 6.07) is 8.16. The van der Waals surface area contributed by atoms with Crippen LogP contribution in [0.4, 0.5) is 4.79 Å². The van der Waals surface area contributed by atoms with Gasteiger partial charge in [0.1, 0.15) is 5.75 Å². The van der Waals surface area contributed by atoms with Crippen LogP contribution in [-0.4, -0.2) is 62.6 Å². The summed E-state index contributed by atoms with van der Waals surface area (Å²) < 4.78 is 5.60. The number of rotatable bonds is 5. The maximum absolute atomic E-state index is 12.8. The van der Waals surface area contributed by atoms with Crippen molar-refractivity contribution in [2.24, 2.45) is 5.92 Å². The molecule has 1 N–H and O–H groups in total. The average Bonchev–Trinajstić information content (AvgIpc) is 3.21. The third-order valence-corrected chi connectivity index (χ3v) is 6.39. The highest BCUT2D eigenvalue weighted by molar-refractivity contribution is 5.79. The van der Waals surface area contributed by atoms with Gasteiger partial charge in [0.2, 0.25) is 5.91 Å². The number of methoxy groups -OCH3 is 1. The lowest BCUT2D eigenvalue weighted by Crippen LogP contribution is -2.49. The Bertz CT molecular complexity index is 690. The molecule has 154 valence electrons. The van der Waals surface area contributed by atoms with Crippen molar-refractivity contribution in [3.63, 3.8) is 0 Å². The van der Waals surface area contributed by atoms with Gasteiger partial charge in [0.25, 0.3) is 0 Å². The van der Waals surface area contributed by atoms with E-state index in [9.17, 15) is 9.59 Å². The summed E-state index contributed by atoms with van der Waals surface area (Å²) in [5.41, 5.74) is 1.15. The Balaban J connectivity index is 1.61. The van der Waals surface area contributed by atoms with Crippen LogP contribution in [0.5, 0.6) is 5.75 Å². The van der Waals surface area contributed by atoms with E-state index in [1.807, 2.05) is 23.1 Å². The minimum atomic E-state index is -0.0541. The van der Waals surface area contributed by atoms with Crippen molar-refractivity contribution < 1.29 is 14.3 Å². The molecule has 2 fully saturated rings. The summed E-state index contributed by atoms with van der Waals surface area (Å²) in [6.07, 6.45) is 5.95. The molecule has 2 aliphatic rings. The molecule has 1 aromatic carbocycles. The predicted molar refractivity (Wildman–Crippen MR) is 110 cm³/mol. The topological polar surface area (TPSA) is 61.9 Å². The van der Waals surface area contributed by atoms with Crippen LogP contribution in [0.15, 0.2) is 24.3 Å². The number of amides is 3. The first-order valence-electron chi connectivity index (χ1n) is 10.3. The first kappa shape index (κ1) is 20.5. The minimum absolute atomic E-state index is 0.0167. The number of piperidine rings is 1. The van der Waals surface area contributed by atoms with E-state index in [1.165, 1.54) is 18.4 Å². The summed E-state index contributed by atoms with van der Waals surface area (Å²) in [5, 5.41) is 3.19. The highest BCUT2D eigenvalue weighted by atomic mass is 16.5. The molecule has 1 heterocycles. The quantitative estimate of drug-likeness (QED) is 0.845. The first-order chi connectivity index (χ1) is 13.5. The van der Waals surface area contributed by atoms with E-state index in [0.29, 0.717) is 19.6 Å². The van der Waals surface area contributed by atoms with Crippen molar-refractivity contribution in [2.75, 3.05) is 40.8 Å². The largest absolute Gasteiger partial charge is 0.496 e. The van der Waals surface area contributed by atoms with Gasteiger partial charge in [-0.1, -0.05) is 31.0 Å². The fraction of sp³-hybridized carbons (Fsp3) is 0.636. The number of likely N-dealkylation sites (tertiary alicyclic amines) is 1. The Morgan fingerprint density at radius 1 is 1.18 bits per heavy atom. The molecule has 3 amide bonds. The van der Waals surface area contributed by atoms with Crippen LogP contribution >= 0.6 is 0 Å². The number of carbonyl (C=O) groups is 2. The van der Waals surface area contributed by atoms with Crippen LogP contribution in [0.3, 0.4) is 0 Å². The van der Waals surface area contributed by atoms with Gasteiger partial charge in [0, 0.05) is 50.6 Å². The number of para-hydroxylation sites is 1. The minimum Gasteiger partial charge on any atom is -0.496 e. The first-order valence-corrected chi connectivity index (χ1v) is 10.3. The van der Waals surface area contributed by atoms with E-state index in [2.05, 4.69) is 11.4 Å². The number of nitrogens with one attached hydrogen (secondary N) is 1. The van der Waals surface area contributed by atoms with E-state index in [-0.39, 0.29) is 23.3 Å². The van der Waals surface area contributed by atoms with E-state index >= 15 is 0 Å². The summed E-state index contributed by atoms with van der Waals surface area (Å²) in [7, 11) is 5.29. The monoisotopic (exact) mass is 387 g/mol. The molecule has 6 heteroatoms. The lowest BCUT2D eigenvalue weighted by molar-refractivity contribution is -0.134. The summed E-state index contributed by atoms with van der Waals surface area (Å²) >= 11 is 0. The van der Waals surface area contributed by atoms with Gasteiger partial charge in [-0.05, 0) is 31.7 Å². The van der Waals surface area contributed by atoms with E-state index in [0.717, 1.165) is 31.4 Å². The molecule has 0 unspecified atom stereocenters. The Hall–Kier alpha value is -2.24. The Morgan fingerprint density at radius 3 is 2.43 bits per heavy atom. The van der Waals surface area contributed by atoms with Crippen LogP contribution in [0.2, 0.25) is 0 Å². The molecular weight excluding hydrogens is 354 g/mol. The number of nitrogens with zero attached hydrogens (tertiary/aromatic N) is 2. The van der Waals surface area contributed by atoms with E-state index in [4.69, 9.17) is 4.74 Å².